The number of hydrogen-bond acceptors (Lipinski definition) is 1. The molecule has 0 saturated heterocycles. The molecule has 3 nitrogen and oxygen atoms in total. The van der Waals surface area contributed by atoms with E-state index >= 15 is 0 Å². The van der Waals surface area contributed by atoms with Crippen LogP contribution < -0.4 is 37.1 Å². The maximum atomic E-state index is 8.56. The van der Waals surface area contributed by atoms with Gasteiger partial charge in [0.15, 0.2) is 0 Å². The van der Waals surface area contributed by atoms with Gasteiger partial charge in [-0.25, -0.2) is 4.79 Å². The van der Waals surface area contributed by atoms with Crippen LogP contribution in [0.25, 0.3) is 0 Å². The number of rotatable bonds is 7. The summed E-state index contributed by atoms with van der Waals surface area (Å²) in [6.07, 6.45) is -1.83. The second kappa shape index (κ2) is 21.3. The van der Waals surface area contributed by atoms with Gasteiger partial charge in [0.05, 0.1) is 0 Å². The molecule has 7 heteroatoms. The quantitative estimate of drug-likeness (QED) is 0.126. The van der Waals surface area contributed by atoms with Gasteiger partial charge in [0.1, 0.15) is 28.5 Å². The minimum absolute atomic E-state index is 0. The van der Waals surface area contributed by atoms with Gasteiger partial charge in [0, 0.05) is 42.8 Å². The smallest absolute Gasteiger partial charge is 0.450 e. The van der Waals surface area contributed by atoms with E-state index in [1.54, 1.807) is 0 Å². The first-order valence-corrected chi connectivity index (χ1v) is 18.7. The Morgan fingerprint density at radius 3 is 0.700 bits per heavy atom. The summed E-state index contributed by atoms with van der Waals surface area (Å²) in [7, 11) is -2.35. The van der Waals surface area contributed by atoms with Gasteiger partial charge < -0.3 is 10.2 Å². The summed E-state index contributed by atoms with van der Waals surface area (Å²) in [5, 5.41) is 23.7. The predicted molar refractivity (Wildman–Crippen MR) is 207 cm³/mol. The van der Waals surface area contributed by atoms with Crippen LogP contribution in [0, 0.1) is 0 Å². The summed E-state index contributed by atoms with van der Waals surface area (Å²) >= 11 is 0. The van der Waals surface area contributed by atoms with E-state index in [4.69, 9.17) is 15.0 Å². The third-order valence-corrected chi connectivity index (χ3v) is 14.4. The largest absolute Gasteiger partial charge is 0.503 e. The molecule has 0 fully saturated rings. The van der Waals surface area contributed by atoms with Crippen LogP contribution in [0.5, 0.6) is 0 Å². The SMILES string of the molecule is O=C(O)O.[Ag].[Pd].c1ccc(P(c2ccccc2)c2ccccc2)cc1.c1ccc([P+](c2ccccc2)(c2ccccc2)c2ccccc2)cc1. The minimum Gasteiger partial charge on any atom is -0.450 e. The van der Waals surface area contributed by atoms with E-state index in [-0.39, 0.29) is 42.8 Å². The zero-order valence-electron chi connectivity index (χ0n) is 27.0. The van der Waals surface area contributed by atoms with Crippen LogP contribution in [0.1, 0.15) is 0 Å². The van der Waals surface area contributed by atoms with E-state index in [1.165, 1.54) is 37.1 Å². The van der Waals surface area contributed by atoms with Crippen molar-refractivity contribution in [1.82, 2.24) is 0 Å². The van der Waals surface area contributed by atoms with E-state index in [1.807, 2.05) is 0 Å². The van der Waals surface area contributed by atoms with E-state index in [9.17, 15) is 0 Å². The summed E-state index contributed by atoms with van der Waals surface area (Å²) in [5.74, 6) is 0. The fourth-order valence-corrected chi connectivity index (χ4v) is 12.3. The standard InChI is InChI=1S/C24H20P.C18H15P.CH2O3.Ag.Pd/c1-5-13-21(14-6-1)25(22-15-7-2-8-16-22,23-17-9-3-10-18-23)24-19-11-4-12-20-24;1-4-10-16(11-5-1)19(17-12-6-2-7-13-17)18-14-8-3-9-15-18;2-1(3)4;;/h1-20H;1-15H;(H2,2,3,4);;/q+1;;;;. The molecule has 2 N–H and O–H groups in total. The molecule has 0 bridgehead atoms. The number of benzene rings is 7. The van der Waals surface area contributed by atoms with Gasteiger partial charge in [-0.05, 0) is 72.4 Å². The summed E-state index contributed by atoms with van der Waals surface area (Å²) < 4.78 is 0. The Balaban J connectivity index is 0.000000242. The van der Waals surface area contributed by atoms with Gasteiger partial charge in [-0.3, -0.25) is 0 Å². The molecule has 0 unspecified atom stereocenters. The molecule has 0 aliphatic rings. The van der Waals surface area contributed by atoms with Crippen LogP contribution >= 0.6 is 15.2 Å². The molecular formula is C43H37AgO3P2Pd+. The van der Waals surface area contributed by atoms with Crippen molar-refractivity contribution in [2.45, 2.75) is 0 Å². The van der Waals surface area contributed by atoms with E-state index < -0.39 is 21.3 Å². The zero-order chi connectivity index (χ0) is 33.4. The van der Waals surface area contributed by atoms with E-state index in [0.717, 1.165) is 0 Å². The molecule has 0 aliphatic carbocycles. The fourth-order valence-electron chi connectivity index (χ4n) is 5.68. The number of hydrogen-bond donors (Lipinski definition) is 2. The third-order valence-electron chi connectivity index (χ3n) is 7.62. The molecule has 0 aromatic heterocycles. The molecule has 257 valence electrons. The maximum Gasteiger partial charge on any atom is 0.503 e. The monoisotopic (exact) mass is 876 g/mol. The molecule has 0 amide bonds. The maximum absolute atomic E-state index is 8.56. The minimum atomic E-state index is -1.91. The van der Waals surface area contributed by atoms with Crippen molar-refractivity contribution in [3.63, 3.8) is 0 Å². The van der Waals surface area contributed by atoms with Crippen molar-refractivity contribution in [3.8, 4) is 0 Å². The first-order valence-electron chi connectivity index (χ1n) is 15.6. The summed E-state index contributed by atoms with van der Waals surface area (Å²) in [6.45, 7) is 0. The van der Waals surface area contributed by atoms with Crippen molar-refractivity contribution in [2.75, 3.05) is 0 Å². The molecule has 0 heterocycles. The predicted octanol–water partition coefficient (Wildman–Crippen LogP) is 7.97. The fraction of sp³-hybridized carbons (Fsp3) is 0. The molecule has 7 aromatic rings. The normalized spacial score (nSPS) is 10.1. The average molecular weight is 878 g/mol. The summed E-state index contributed by atoms with van der Waals surface area (Å²) in [4.78, 5) is 8.56. The molecule has 0 atom stereocenters. The van der Waals surface area contributed by atoms with Crippen LogP contribution in [0.2, 0.25) is 0 Å². The van der Waals surface area contributed by atoms with E-state index in [2.05, 4.69) is 212 Å². The molecule has 7 aromatic carbocycles. The van der Waals surface area contributed by atoms with Gasteiger partial charge >= 0.3 is 6.16 Å². The second-order valence-electron chi connectivity index (χ2n) is 10.6. The van der Waals surface area contributed by atoms with Crippen molar-refractivity contribution in [1.29, 1.82) is 0 Å². The Hall–Kier alpha value is -3.93. The van der Waals surface area contributed by atoms with Gasteiger partial charge in [-0.1, -0.05) is 164 Å². The average Bonchev–Trinajstić information content (AvgIpc) is 3.15. The number of carbonyl (C=O) groups is 1. The van der Waals surface area contributed by atoms with Gasteiger partial charge in [0.25, 0.3) is 0 Å². The Bertz CT molecular complexity index is 1680. The third kappa shape index (κ3) is 10.5. The Morgan fingerprint density at radius 1 is 0.360 bits per heavy atom. The topological polar surface area (TPSA) is 57.5 Å². The van der Waals surface area contributed by atoms with Crippen LogP contribution in [0.4, 0.5) is 4.79 Å². The zero-order valence-corrected chi connectivity index (χ0v) is 31.8. The first kappa shape index (κ1) is 40.5. The molecule has 0 spiro atoms. The van der Waals surface area contributed by atoms with E-state index in [0.29, 0.717) is 0 Å². The van der Waals surface area contributed by atoms with Crippen LogP contribution in [-0.2, 0) is 42.8 Å². The molecular weight excluding hydrogens is 841 g/mol. The van der Waals surface area contributed by atoms with Crippen LogP contribution in [0.15, 0.2) is 212 Å². The molecule has 50 heavy (non-hydrogen) atoms. The molecule has 1 radical (unpaired) electrons. The molecule has 0 aliphatic heterocycles. The van der Waals surface area contributed by atoms with Gasteiger partial charge in [-0.15, -0.1) is 0 Å². The first-order chi connectivity index (χ1) is 23.6. The van der Waals surface area contributed by atoms with Crippen molar-refractivity contribution in [3.05, 3.63) is 212 Å². The molecule has 7 rings (SSSR count). The van der Waals surface area contributed by atoms with Crippen molar-refractivity contribution < 1.29 is 57.8 Å². The Labute approximate surface area is 326 Å². The van der Waals surface area contributed by atoms with Gasteiger partial charge in [-0.2, -0.15) is 0 Å². The summed E-state index contributed by atoms with van der Waals surface area (Å²) in [5.41, 5.74) is 0. The Morgan fingerprint density at radius 2 is 0.520 bits per heavy atom. The number of carboxylic acid groups (broad SMARTS) is 2. The van der Waals surface area contributed by atoms with Crippen LogP contribution in [-0.4, -0.2) is 16.4 Å². The van der Waals surface area contributed by atoms with Crippen LogP contribution in [0.3, 0.4) is 0 Å². The van der Waals surface area contributed by atoms with Crippen molar-refractivity contribution >= 4 is 58.5 Å². The second-order valence-corrected chi connectivity index (χ2v) is 16.3. The van der Waals surface area contributed by atoms with Gasteiger partial charge in [0.2, 0.25) is 0 Å². The summed E-state index contributed by atoms with van der Waals surface area (Å²) in [6, 6.07) is 76.2. The van der Waals surface area contributed by atoms with Crippen molar-refractivity contribution in [2.24, 2.45) is 0 Å². The Kier molecular flexibility index (Phi) is 17.3. The molecule has 0 saturated carbocycles.